The molecular formula is C23H27F2N3O4. The van der Waals surface area contributed by atoms with Crippen molar-refractivity contribution >= 4 is 5.96 Å². The smallest absolute Gasteiger partial charge is 0.387 e. The number of halogens is 2. The van der Waals surface area contributed by atoms with Crippen LogP contribution in [0.1, 0.15) is 24.0 Å². The van der Waals surface area contributed by atoms with Gasteiger partial charge in [0.25, 0.3) is 0 Å². The summed E-state index contributed by atoms with van der Waals surface area (Å²) in [4.78, 5) is 4.29. The summed E-state index contributed by atoms with van der Waals surface area (Å²) in [7, 11) is 1.67. The van der Waals surface area contributed by atoms with Gasteiger partial charge in [0.05, 0.1) is 0 Å². The first kappa shape index (κ1) is 22.1. The first-order valence-corrected chi connectivity index (χ1v) is 10.5. The number of benzene rings is 2. The molecule has 0 saturated carbocycles. The van der Waals surface area contributed by atoms with E-state index < -0.39 is 6.61 Å². The van der Waals surface area contributed by atoms with E-state index in [2.05, 4.69) is 32.5 Å². The zero-order valence-corrected chi connectivity index (χ0v) is 17.9. The molecule has 2 aromatic carbocycles. The van der Waals surface area contributed by atoms with Crippen LogP contribution in [0.15, 0.2) is 47.5 Å². The van der Waals surface area contributed by atoms with Crippen LogP contribution in [0.4, 0.5) is 8.78 Å². The Labute approximate surface area is 185 Å². The number of nitrogens with one attached hydrogen (secondary N) is 2. The molecule has 0 spiro atoms. The van der Waals surface area contributed by atoms with E-state index in [1.807, 2.05) is 18.2 Å². The number of hydrogen-bond donors (Lipinski definition) is 2. The second-order valence-electron chi connectivity index (χ2n) is 7.73. The van der Waals surface area contributed by atoms with Gasteiger partial charge in [-0.3, -0.25) is 4.99 Å². The van der Waals surface area contributed by atoms with Gasteiger partial charge in [0, 0.05) is 50.4 Å². The first-order chi connectivity index (χ1) is 15.6. The second-order valence-corrected chi connectivity index (χ2v) is 7.73. The van der Waals surface area contributed by atoms with Crippen LogP contribution in [0.5, 0.6) is 17.2 Å². The number of rotatable bonds is 7. The zero-order chi connectivity index (χ0) is 22.4. The van der Waals surface area contributed by atoms with Crippen LogP contribution in [-0.4, -0.2) is 46.2 Å². The highest BCUT2D eigenvalue weighted by Gasteiger charge is 2.34. The van der Waals surface area contributed by atoms with Gasteiger partial charge in [0.2, 0.25) is 6.79 Å². The van der Waals surface area contributed by atoms with Crippen molar-refractivity contribution in [2.75, 3.05) is 33.6 Å². The molecule has 2 aromatic rings. The van der Waals surface area contributed by atoms with Crippen LogP contribution in [0.3, 0.4) is 0 Å². The van der Waals surface area contributed by atoms with E-state index in [4.69, 9.17) is 14.2 Å². The molecule has 1 saturated heterocycles. The Bertz CT molecular complexity index is 934. The maximum absolute atomic E-state index is 12.9. The Morgan fingerprint density at radius 2 is 1.81 bits per heavy atom. The molecule has 2 heterocycles. The predicted molar refractivity (Wildman–Crippen MR) is 116 cm³/mol. The van der Waals surface area contributed by atoms with Crippen molar-refractivity contribution in [2.45, 2.75) is 31.4 Å². The molecule has 0 unspecified atom stereocenters. The molecule has 0 aliphatic carbocycles. The minimum atomic E-state index is -2.94. The van der Waals surface area contributed by atoms with E-state index in [1.165, 1.54) is 11.6 Å². The van der Waals surface area contributed by atoms with Crippen LogP contribution >= 0.6 is 0 Å². The summed E-state index contributed by atoms with van der Waals surface area (Å²) in [6, 6.07) is 13.5. The maximum atomic E-state index is 12.9. The normalized spacial score (nSPS) is 17.3. The van der Waals surface area contributed by atoms with E-state index in [0.717, 1.165) is 12.8 Å². The molecule has 2 aliphatic heterocycles. The lowest BCUT2D eigenvalue weighted by Crippen LogP contribution is -2.47. The van der Waals surface area contributed by atoms with Crippen molar-refractivity contribution < 1.29 is 27.7 Å². The minimum absolute atomic E-state index is 0.0392. The number of fused-ring (bicyclic) bond motifs is 1. The quantitative estimate of drug-likeness (QED) is 0.501. The van der Waals surface area contributed by atoms with Gasteiger partial charge in [0.1, 0.15) is 5.75 Å². The molecule has 9 heteroatoms. The molecule has 0 atom stereocenters. The largest absolute Gasteiger partial charge is 0.454 e. The van der Waals surface area contributed by atoms with E-state index in [1.54, 1.807) is 13.1 Å². The highest BCUT2D eigenvalue weighted by Crippen LogP contribution is 2.39. The van der Waals surface area contributed by atoms with E-state index in [-0.39, 0.29) is 24.5 Å². The Morgan fingerprint density at radius 3 is 2.50 bits per heavy atom. The standard InChI is InChI=1S/C23H27F2N3O4/c1-26-22(28-14-23(7-9-29-10-8-23)17-5-3-2-4-6-17)27-13-16-11-19-20(31-15-30-19)12-18(16)32-21(24)25/h2-6,11-12,21H,7-10,13-15H2,1H3,(H2,26,27,28). The van der Waals surface area contributed by atoms with Crippen LogP contribution in [0.25, 0.3) is 0 Å². The Morgan fingerprint density at radius 1 is 1.09 bits per heavy atom. The highest BCUT2D eigenvalue weighted by atomic mass is 19.3. The third kappa shape index (κ3) is 5.04. The Kier molecular flexibility index (Phi) is 6.94. The van der Waals surface area contributed by atoms with Crippen molar-refractivity contribution in [1.82, 2.24) is 10.6 Å². The molecule has 0 aromatic heterocycles. The predicted octanol–water partition coefficient (Wildman–Crippen LogP) is 3.43. The Hall–Kier alpha value is -3.07. The lowest BCUT2D eigenvalue weighted by Gasteiger charge is -2.38. The van der Waals surface area contributed by atoms with E-state index in [0.29, 0.717) is 42.8 Å². The average Bonchev–Trinajstić information content (AvgIpc) is 3.27. The number of alkyl halides is 2. The summed E-state index contributed by atoms with van der Waals surface area (Å²) in [6.45, 7) is -0.593. The third-order valence-electron chi connectivity index (χ3n) is 5.87. The fourth-order valence-corrected chi connectivity index (χ4v) is 4.08. The van der Waals surface area contributed by atoms with Gasteiger partial charge >= 0.3 is 6.61 Å². The van der Waals surface area contributed by atoms with Gasteiger partial charge in [-0.05, 0) is 24.5 Å². The fraction of sp³-hybridized carbons (Fsp3) is 0.435. The highest BCUT2D eigenvalue weighted by molar-refractivity contribution is 5.80. The first-order valence-electron chi connectivity index (χ1n) is 10.5. The van der Waals surface area contributed by atoms with Crippen LogP contribution < -0.4 is 24.8 Å². The van der Waals surface area contributed by atoms with Gasteiger partial charge in [-0.2, -0.15) is 8.78 Å². The molecule has 2 aliphatic rings. The lowest BCUT2D eigenvalue weighted by atomic mass is 9.74. The molecule has 0 bridgehead atoms. The van der Waals surface area contributed by atoms with E-state index in [9.17, 15) is 8.78 Å². The maximum Gasteiger partial charge on any atom is 0.387 e. The molecule has 4 rings (SSSR count). The van der Waals surface area contributed by atoms with Crippen molar-refractivity contribution in [3.05, 3.63) is 53.6 Å². The summed E-state index contributed by atoms with van der Waals surface area (Å²) in [5.74, 6) is 1.48. The zero-order valence-electron chi connectivity index (χ0n) is 17.9. The molecule has 32 heavy (non-hydrogen) atoms. The lowest BCUT2D eigenvalue weighted by molar-refractivity contribution is -0.0505. The monoisotopic (exact) mass is 447 g/mol. The topological polar surface area (TPSA) is 73.3 Å². The van der Waals surface area contributed by atoms with Crippen LogP contribution in [0, 0.1) is 0 Å². The molecule has 0 radical (unpaired) electrons. The summed E-state index contributed by atoms with van der Waals surface area (Å²) < 4.78 is 46.7. The summed E-state index contributed by atoms with van der Waals surface area (Å²) in [5, 5.41) is 6.58. The molecule has 1 fully saturated rings. The molecule has 172 valence electrons. The average molecular weight is 447 g/mol. The number of hydrogen-bond acceptors (Lipinski definition) is 5. The third-order valence-corrected chi connectivity index (χ3v) is 5.87. The number of guanidine groups is 1. The van der Waals surface area contributed by atoms with Gasteiger partial charge in [-0.15, -0.1) is 0 Å². The number of ether oxygens (including phenoxy) is 4. The Balaban J connectivity index is 1.44. The van der Waals surface area contributed by atoms with Crippen molar-refractivity contribution in [3.8, 4) is 17.2 Å². The van der Waals surface area contributed by atoms with Gasteiger partial charge in [0.15, 0.2) is 17.5 Å². The molecule has 0 amide bonds. The van der Waals surface area contributed by atoms with E-state index >= 15 is 0 Å². The second kappa shape index (κ2) is 10.0. The van der Waals surface area contributed by atoms with Gasteiger partial charge in [-0.25, -0.2) is 0 Å². The summed E-state index contributed by atoms with van der Waals surface area (Å²) in [6.07, 6.45) is 1.80. The molecule has 2 N–H and O–H groups in total. The summed E-state index contributed by atoms with van der Waals surface area (Å²) in [5.41, 5.74) is 1.70. The van der Waals surface area contributed by atoms with Crippen molar-refractivity contribution in [2.24, 2.45) is 4.99 Å². The van der Waals surface area contributed by atoms with Crippen LogP contribution in [0.2, 0.25) is 0 Å². The number of nitrogens with zero attached hydrogens (tertiary/aromatic N) is 1. The molecule has 7 nitrogen and oxygen atoms in total. The summed E-state index contributed by atoms with van der Waals surface area (Å²) >= 11 is 0. The minimum Gasteiger partial charge on any atom is -0.454 e. The SMILES string of the molecule is CN=C(NCc1cc2c(cc1OC(F)F)OCO2)NCC1(c2ccccc2)CCOCC1. The van der Waals surface area contributed by atoms with Gasteiger partial charge < -0.3 is 29.6 Å². The molecular weight excluding hydrogens is 420 g/mol. The number of aliphatic imine (C=N–C) groups is 1. The van der Waals surface area contributed by atoms with Crippen molar-refractivity contribution in [3.63, 3.8) is 0 Å². The fourth-order valence-electron chi connectivity index (χ4n) is 4.08. The van der Waals surface area contributed by atoms with Gasteiger partial charge in [-0.1, -0.05) is 30.3 Å². The van der Waals surface area contributed by atoms with Crippen molar-refractivity contribution in [1.29, 1.82) is 0 Å². The van der Waals surface area contributed by atoms with Crippen LogP contribution in [-0.2, 0) is 16.7 Å².